The number of urea groups is 1. The first kappa shape index (κ1) is 17.3. The third-order valence-electron chi connectivity index (χ3n) is 4.44. The van der Waals surface area contributed by atoms with Crippen LogP contribution in [0.4, 0.5) is 18.0 Å². The van der Waals surface area contributed by atoms with Crippen molar-refractivity contribution in [2.24, 2.45) is 0 Å². The molecule has 0 radical (unpaired) electrons. The molecule has 2 amide bonds. The number of likely N-dealkylation sites (tertiary alicyclic amines) is 1. The van der Waals surface area contributed by atoms with Gasteiger partial charge in [0.15, 0.2) is 0 Å². The number of hydrogen-bond acceptors (Lipinski definition) is 3. The predicted octanol–water partition coefficient (Wildman–Crippen LogP) is 1.52. The predicted molar refractivity (Wildman–Crippen MR) is 75.5 cm³/mol. The topological polar surface area (TPSA) is 47.0 Å². The van der Waals surface area contributed by atoms with Crippen molar-refractivity contribution in [3.8, 4) is 0 Å². The van der Waals surface area contributed by atoms with Crippen molar-refractivity contribution in [2.45, 2.75) is 44.5 Å². The Morgan fingerprint density at radius 2 is 1.86 bits per heavy atom. The number of piperidine rings is 1. The minimum Gasteiger partial charge on any atom is -0.391 e. The lowest BCUT2D eigenvalue weighted by Gasteiger charge is -2.37. The first-order valence-corrected chi connectivity index (χ1v) is 7.83. The number of halogens is 3. The van der Waals surface area contributed by atoms with Crippen LogP contribution in [0.25, 0.3) is 0 Å². The Bertz CT molecular complexity index is 384. The highest BCUT2D eigenvalue weighted by Gasteiger charge is 2.36. The highest BCUT2D eigenvalue weighted by Crippen LogP contribution is 2.24. The Morgan fingerprint density at radius 3 is 2.36 bits per heavy atom. The number of aliphatic hydroxyl groups is 1. The number of likely N-dealkylation sites (N-methyl/N-ethyl adjacent to an activating group) is 1. The number of aliphatic hydroxyl groups excluding tert-OH is 1. The third-order valence-corrected chi connectivity index (χ3v) is 4.44. The zero-order chi connectivity index (χ0) is 16.3. The fourth-order valence-corrected chi connectivity index (χ4v) is 3.28. The number of hydrogen-bond donors (Lipinski definition) is 1. The Hall–Kier alpha value is -1.02. The van der Waals surface area contributed by atoms with Crippen molar-refractivity contribution in [1.29, 1.82) is 0 Å². The molecule has 1 unspecified atom stereocenters. The van der Waals surface area contributed by atoms with Gasteiger partial charge in [-0.15, -0.1) is 0 Å². The summed E-state index contributed by atoms with van der Waals surface area (Å²) in [7, 11) is 0. The molecule has 2 fully saturated rings. The second-order valence-electron chi connectivity index (χ2n) is 6.06. The summed E-state index contributed by atoms with van der Waals surface area (Å²) in [5.41, 5.74) is 0. The molecule has 0 bridgehead atoms. The molecule has 0 aromatic carbocycles. The summed E-state index contributed by atoms with van der Waals surface area (Å²) in [6.07, 6.45) is -5.36. The van der Waals surface area contributed by atoms with E-state index in [0.29, 0.717) is 19.6 Å². The van der Waals surface area contributed by atoms with Gasteiger partial charge in [-0.3, -0.25) is 0 Å². The summed E-state index contributed by atoms with van der Waals surface area (Å²) in [4.78, 5) is 17.7. The van der Waals surface area contributed by atoms with Crippen LogP contribution in [-0.4, -0.2) is 83.4 Å². The van der Waals surface area contributed by atoms with E-state index in [9.17, 15) is 23.1 Å². The molecular weight excluding hydrogens is 299 g/mol. The van der Waals surface area contributed by atoms with Gasteiger partial charge in [0.2, 0.25) is 0 Å². The molecule has 2 aliphatic rings. The molecule has 0 aromatic rings. The summed E-state index contributed by atoms with van der Waals surface area (Å²) in [5.74, 6) is 0. The van der Waals surface area contributed by atoms with Gasteiger partial charge < -0.3 is 19.8 Å². The van der Waals surface area contributed by atoms with Crippen molar-refractivity contribution in [1.82, 2.24) is 14.7 Å². The highest BCUT2D eigenvalue weighted by molar-refractivity contribution is 5.76. The summed E-state index contributed by atoms with van der Waals surface area (Å²) in [6, 6.07) is 0.234. The van der Waals surface area contributed by atoms with Crippen molar-refractivity contribution >= 4 is 6.03 Å². The van der Waals surface area contributed by atoms with Crippen molar-refractivity contribution in [3.63, 3.8) is 0 Å². The monoisotopic (exact) mass is 323 g/mol. The van der Waals surface area contributed by atoms with E-state index in [4.69, 9.17) is 0 Å². The van der Waals surface area contributed by atoms with E-state index in [2.05, 4.69) is 0 Å². The molecule has 22 heavy (non-hydrogen) atoms. The van der Waals surface area contributed by atoms with Gasteiger partial charge in [0, 0.05) is 45.3 Å². The highest BCUT2D eigenvalue weighted by atomic mass is 19.4. The average molecular weight is 323 g/mol. The molecule has 0 spiro atoms. The van der Waals surface area contributed by atoms with E-state index in [0.717, 1.165) is 25.9 Å². The van der Waals surface area contributed by atoms with Crippen LogP contribution >= 0.6 is 0 Å². The first-order valence-electron chi connectivity index (χ1n) is 7.83. The van der Waals surface area contributed by atoms with Crippen molar-refractivity contribution in [2.75, 3.05) is 39.3 Å². The number of carbonyl (C=O) groups excluding carboxylic acids is 1. The zero-order valence-corrected chi connectivity index (χ0v) is 12.8. The van der Waals surface area contributed by atoms with Gasteiger partial charge in [-0.25, -0.2) is 4.79 Å². The smallest absolute Gasteiger partial charge is 0.391 e. The number of carbonyl (C=O) groups is 1. The minimum atomic E-state index is -4.33. The van der Waals surface area contributed by atoms with Gasteiger partial charge in [0.1, 0.15) is 0 Å². The molecule has 5 nitrogen and oxygen atoms in total. The molecule has 2 saturated heterocycles. The second-order valence-corrected chi connectivity index (χ2v) is 6.06. The first-order chi connectivity index (χ1) is 10.3. The molecule has 2 heterocycles. The maximum atomic E-state index is 12.2. The number of amides is 2. The lowest BCUT2D eigenvalue weighted by molar-refractivity contribution is -0.155. The van der Waals surface area contributed by atoms with Crippen LogP contribution in [0, 0.1) is 0 Å². The van der Waals surface area contributed by atoms with Gasteiger partial charge in [-0.05, 0) is 19.8 Å². The largest absolute Gasteiger partial charge is 0.391 e. The number of nitrogens with zero attached hydrogens (tertiary/aromatic N) is 3. The third kappa shape index (κ3) is 4.49. The molecular formula is C14H24F3N3O2. The number of rotatable bonds is 5. The maximum absolute atomic E-state index is 12.2. The minimum absolute atomic E-state index is 0.0429. The van der Waals surface area contributed by atoms with E-state index in [1.807, 2.05) is 16.7 Å². The van der Waals surface area contributed by atoms with Gasteiger partial charge in [0.25, 0.3) is 0 Å². The van der Waals surface area contributed by atoms with E-state index < -0.39 is 18.7 Å². The molecule has 0 saturated carbocycles. The molecule has 1 atom stereocenters. The average Bonchev–Trinajstić information content (AvgIpc) is 2.78. The fraction of sp³-hybridized carbons (Fsp3) is 0.929. The fourth-order valence-electron chi connectivity index (χ4n) is 3.28. The zero-order valence-electron chi connectivity index (χ0n) is 12.8. The quantitative estimate of drug-likeness (QED) is 0.834. The summed E-state index contributed by atoms with van der Waals surface area (Å²) >= 11 is 0. The van der Waals surface area contributed by atoms with E-state index in [-0.39, 0.29) is 18.6 Å². The summed E-state index contributed by atoms with van der Waals surface area (Å²) < 4.78 is 36.6. The molecule has 2 rings (SSSR count). The molecule has 128 valence electrons. The molecule has 8 heteroatoms. The number of β-amino-alcohol motifs (C(OH)–C–C–N with tert-alkyl or cyclic N) is 1. The SMILES string of the molecule is CCN1CCN(C2CCN(CC(O)CC(F)(F)F)CC2)C1=O. The molecule has 0 aliphatic carbocycles. The summed E-state index contributed by atoms with van der Waals surface area (Å²) in [5, 5.41) is 9.49. The Kier molecular flexibility index (Phi) is 5.55. The second kappa shape index (κ2) is 7.04. The van der Waals surface area contributed by atoms with Crippen LogP contribution in [0.1, 0.15) is 26.2 Å². The van der Waals surface area contributed by atoms with Crippen molar-refractivity contribution in [3.05, 3.63) is 0 Å². The van der Waals surface area contributed by atoms with Crippen LogP contribution in [0.3, 0.4) is 0 Å². The Labute approximate surface area is 128 Å². The lowest BCUT2D eigenvalue weighted by atomic mass is 10.0. The van der Waals surface area contributed by atoms with Crippen molar-refractivity contribution < 1.29 is 23.1 Å². The van der Waals surface area contributed by atoms with Crippen LogP contribution in [-0.2, 0) is 0 Å². The number of alkyl halides is 3. The lowest BCUT2D eigenvalue weighted by Crippen LogP contribution is -2.48. The maximum Gasteiger partial charge on any atom is 0.391 e. The van der Waals surface area contributed by atoms with Crippen LogP contribution in [0.5, 0.6) is 0 Å². The Morgan fingerprint density at radius 1 is 1.23 bits per heavy atom. The van der Waals surface area contributed by atoms with Crippen LogP contribution in [0.2, 0.25) is 0 Å². The molecule has 1 N–H and O–H groups in total. The van der Waals surface area contributed by atoms with E-state index >= 15 is 0 Å². The Balaban J connectivity index is 1.75. The van der Waals surface area contributed by atoms with Gasteiger partial charge in [-0.2, -0.15) is 13.2 Å². The summed E-state index contributed by atoms with van der Waals surface area (Å²) in [6.45, 7) is 5.42. The van der Waals surface area contributed by atoms with Gasteiger partial charge in [0.05, 0.1) is 12.5 Å². The standard InChI is InChI=1S/C14H24F3N3O2/c1-2-19-7-8-20(13(19)22)11-3-5-18(6-4-11)10-12(21)9-14(15,16)17/h11-12,21H,2-10H2,1H3. The van der Waals surface area contributed by atoms with Gasteiger partial charge >= 0.3 is 12.2 Å². The van der Waals surface area contributed by atoms with Crippen LogP contribution < -0.4 is 0 Å². The van der Waals surface area contributed by atoms with Gasteiger partial charge in [-0.1, -0.05) is 0 Å². The molecule has 0 aromatic heterocycles. The van der Waals surface area contributed by atoms with Crippen LogP contribution in [0.15, 0.2) is 0 Å². The normalized spacial score (nSPS) is 23.4. The van der Waals surface area contributed by atoms with E-state index in [1.54, 1.807) is 4.90 Å². The van der Waals surface area contributed by atoms with E-state index in [1.165, 1.54) is 0 Å². The molecule has 2 aliphatic heterocycles.